The summed E-state index contributed by atoms with van der Waals surface area (Å²) < 4.78 is 1.91. The summed E-state index contributed by atoms with van der Waals surface area (Å²) in [4.78, 5) is 32.0. The van der Waals surface area contributed by atoms with E-state index in [1.807, 2.05) is 49.0 Å². The molecule has 0 aliphatic heterocycles. The number of rotatable bonds is 5. The zero-order valence-corrected chi connectivity index (χ0v) is 19.3. The molecule has 0 bridgehead atoms. The first-order valence-electron chi connectivity index (χ1n) is 10.6. The molecule has 0 saturated heterocycles. The molecule has 33 heavy (non-hydrogen) atoms. The molecule has 3 aromatic heterocycles. The third-order valence-electron chi connectivity index (χ3n) is 5.80. The normalized spacial score (nSPS) is 11.4. The van der Waals surface area contributed by atoms with Gasteiger partial charge in [0.05, 0.1) is 29.1 Å². The number of carbonyl (C=O) groups is 1. The summed E-state index contributed by atoms with van der Waals surface area (Å²) in [6.07, 6.45) is 3.45. The average Bonchev–Trinajstić information content (AvgIpc) is 3.43. The number of aromatic nitrogens is 6. The second-order valence-electron chi connectivity index (χ2n) is 7.92. The van der Waals surface area contributed by atoms with Gasteiger partial charge in [0.25, 0.3) is 5.91 Å². The van der Waals surface area contributed by atoms with E-state index in [0.717, 1.165) is 34.4 Å². The van der Waals surface area contributed by atoms with Gasteiger partial charge in [-0.25, -0.2) is 15.0 Å². The van der Waals surface area contributed by atoms with Crippen LogP contribution in [0, 0.1) is 6.92 Å². The third kappa shape index (κ3) is 3.82. The van der Waals surface area contributed by atoms with E-state index in [-0.39, 0.29) is 5.91 Å². The number of hydrogen-bond donors (Lipinski definition) is 1. The predicted molar refractivity (Wildman–Crippen MR) is 128 cm³/mol. The highest BCUT2D eigenvalue weighted by Crippen LogP contribution is 2.27. The second-order valence-corrected chi connectivity index (χ2v) is 8.36. The lowest BCUT2D eigenvalue weighted by Crippen LogP contribution is -2.27. The van der Waals surface area contributed by atoms with Crippen molar-refractivity contribution in [2.75, 3.05) is 7.05 Å². The van der Waals surface area contributed by atoms with E-state index in [0.29, 0.717) is 34.0 Å². The molecule has 166 valence electrons. The Morgan fingerprint density at radius 3 is 2.76 bits per heavy atom. The monoisotopic (exact) mass is 459 g/mol. The molecule has 0 aliphatic carbocycles. The summed E-state index contributed by atoms with van der Waals surface area (Å²) in [7, 11) is 1.76. The summed E-state index contributed by atoms with van der Waals surface area (Å²) in [5.74, 6) is 0.255. The molecule has 2 aromatic carbocycles. The van der Waals surface area contributed by atoms with Crippen molar-refractivity contribution in [3.8, 4) is 11.4 Å². The van der Waals surface area contributed by atoms with E-state index in [9.17, 15) is 4.79 Å². The van der Waals surface area contributed by atoms with Gasteiger partial charge in [0.2, 0.25) is 0 Å². The number of carbonyl (C=O) groups excluding carboxylic acids is 1. The lowest BCUT2D eigenvalue weighted by atomic mass is 10.1. The van der Waals surface area contributed by atoms with Gasteiger partial charge < -0.3 is 9.88 Å². The minimum Gasteiger partial charge on any atom is -0.345 e. The maximum absolute atomic E-state index is 13.6. The van der Waals surface area contributed by atoms with E-state index in [1.54, 1.807) is 30.4 Å². The predicted octanol–water partition coefficient (Wildman–Crippen LogP) is 4.62. The Hall–Kier alpha value is -3.78. The molecule has 0 fully saturated rings. The van der Waals surface area contributed by atoms with Crippen molar-refractivity contribution in [3.63, 3.8) is 0 Å². The number of imidazole rings is 1. The first-order valence-corrected chi connectivity index (χ1v) is 11.0. The Balaban J connectivity index is 1.58. The van der Waals surface area contributed by atoms with Gasteiger partial charge in [-0.15, -0.1) is 0 Å². The van der Waals surface area contributed by atoms with Crippen LogP contribution in [0.25, 0.3) is 33.3 Å². The molecule has 3 heterocycles. The van der Waals surface area contributed by atoms with Crippen LogP contribution in [0.15, 0.2) is 48.9 Å². The fourth-order valence-electron chi connectivity index (χ4n) is 3.93. The number of aryl methyl sites for hydroxylation is 1. The fourth-order valence-corrected chi connectivity index (χ4v) is 4.11. The van der Waals surface area contributed by atoms with E-state index in [2.05, 4.69) is 15.1 Å². The Morgan fingerprint density at radius 2 is 1.97 bits per heavy atom. The summed E-state index contributed by atoms with van der Waals surface area (Å²) in [6, 6.07) is 11.0. The third-order valence-corrected chi connectivity index (χ3v) is 6.03. The highest BCUT2D eigenvalue weighted by Gasteiger charge is 2.21. The van der Waals surface area contributed by atoms with Crippen LogP contribution in [-0.2, 0) is 13.1 Å². The molecule has 1 amide bonds. The van der Waals surface area contributed by atoms with E-state index in [4.69, 9.17) is 21.6 Å². The highest BCUT2D eigenvalue weighted by atomic mass is 35.5. The molecule has 5 aromatic rings. The molecule has 0 spiro atoms. The van der Waals surface area contributed by atoms with E-state index in [1.165, 1.54) is 0 Å². The van der Waals surface area contributed by atoms with Crippen LogP contribution in [0.1, 0.15) is 28.7 Å². The number of aromatic amines is 1. The zero-order chi connectivity index (χ0) is 23.1. The van der Waals surface area contributed by atoms with Crippen molar-refractivity contribution in [2.24, 2.45) is 0 Å². The number of benzene rings is 2. The number of hydrogen-bond acceptors (Lipinski definition) is 5. The lowest BCUT2D eigenvalue weighted by Gasteiger charge is -2.18. The maximum Gasteiger partial charge on any atom is 0.273 e. The van der Waals surface area contributed by atoms with Crippen molar-refractivity contribution >= 4 is 39.4 Å². The Labute approximate surface area is 195 Å². The largest absolute Gasteiger partial charge is 0.345 e. The van der Waals surface area contributed by atoms with Gasteiger partial charge in [-0.2, -0.15) is 5.10 Å². The first-order chi connectivity index (χ1) is 15.9. The van der Waals surface area contributed by atoms with Crippen LogP contribution in [0.2, 0.25) is 5.02 Å². The smallest absolute Gasteiger partial charge is 0.273 e. The summed E-state index contributed by atoms with van der Waals surface area (Å²) >= 11 is 6.25. The molecular formula is C24H22ClN7O. The fraction of sp³-hybridized carbons (Fsp3) is 0.208. The van der Waals surface area contributed by atoms with Crippen LogP contribution >= 0.6 is 11.6 Å². The molecule has 5 rings (SSSR count). The van der Waals surface area contributed by atoms with Gasteiger partial charge in [-0.1, -0.05) is 11.6 Å². The highest BCUT2D eigenvalue weighted by molar-refractivity contribution is 6.31. The lowest BCUT2D eigenvalue weighted by molar-refractivity contribution is 0.0781. The van der Waals surface area contributed by atoms with Gasteiger partial charge in [0, 0.05) is 47.4 Å². The van der Waals surface area contributed by atoms with Gasteiger partial charge >= 0.3 is 0 Å². The molecule has 0 aliphatic rings. The molecule has 0 saturated carbocycles. The molecule has 0 unspecified atom stereocenters. The Kier molecular flexibility index (Phi) is 5.30. The van der Waals surface area contributed by atoms with Gasteiger partial charge in [0.1, 0.15) is 5.69 Å². The van der Waals surface area contributed by atoms with Crippen LogP contribution in [0.4, 0.5) is 0 Å². The van der Waals surface area contributed by atoms with E-state index >= 15 is 0 Å². The van der Waals surface area contributed by atoms with Crippen LogP contribution in [-0.4, -0.2) is 47.6 Å². The van der Waals surface area contributed by atoms with Crippen LogP contribution in [0.3, 0.4) is 0 Å². The molecule has 1 N–H and O–H groups in total. The van der Waals surface area contributed by atoms with E-state index < -0.39 is 0 Å². The SMILES string of the molecule is CCn1ncc(CN(C)C(=O)c2nc(-c3ccc4nc[nH]c4c3)nc3ccc(Cl)cc23)c1C. The van der Waals surface area contributed by atoms with Crippen molar-refractivity contribution in [1.29, 1.82) is 0 Å². The van der Waals surface area contributed by atoms with Crippen LogP contribution < -0.4 is 0 Å². The number of fused-ring (bicyclic) bond motifs is 2. The molecule has 0 atom stereocenters. The number of nitrogens with zero attached hydrogens (tertiary/aromatic N) is 6. The summed E-state index contributed by atoms with van der Waals surface area (Å²) in [6.45, 7) is 5.25. The maximum atomic E-state index is 13.6. The number of amides is 1. The molecular weight excluding hydrogens is 438 g/mol. The van der Waals surface area contributed by atoms with Gasteiger partial charge in [-0.3, -0.25) is 9.48 Å². The summed E-state index contributed by atoms with van der Waals surface area (Å²) in [5, 5.41) is 5.52. The van der Waals surface area contributed by atoms with Crippen LogP contribution in [0.5, 0.6) is 0 Å². The standard InChI is InChI=1S/C24H22ClN7O/c1-4-32-14(2)16(11-28-32)12-31(3)24(33)22-18-10-17(25)6-8-19(18)29-23(30-22)15-5-7-20-21(9-15)27-13-26-20/h5-11,13H,4,12H2,1-3H3,(H,26,27). The zero-order valence-electron chi connectivity index (χ0n) is 18.5. The Morgan fingerprint density at radius 1 is 1.15 bits per heavy atom. The van der Waals surface area contributed by atoms with Crippen molar-refractivity contribution in [2.45, 2.75) is 26.9 Å². The second kappa shape index (κ2) is 8.29. The number of halogens is 1. The molecule has 8 nitrogen and oxygen atoms in total. The summed E-state index contributed by atoms with van der Waals surface area (Å²) in [5.41, 5.74) is 5.52. The van der Waals surface area contributed by atoms with Gasteiger partial charge in [-0.05, 0) is 50.2 Å². The minimum atomic E-state index is -0.211. The van der Waals surface area contributed by atoms with Gasteiger partial charge in [0.15, 0.2) is 5.82 Å². The Bertz CT molecular complexity index is 1500. The minimum absolute atomic E-state index is 0.211. The van der Waals surface area contributed by atoms with Crippen molar-refractivity contribution < 1.29 is 4.79 Å². The molecule has 0 radical (unpaired) electrons. The first kappa shape index (κ1) is 21.1. The quantitative estimate of drug-likeness (QED) is 0.414. The van der Waals surface area contributed by atoms with Crippen molar-refractivity contribution in [3.05, 3.63) is 70.9 Å². The number of nitrogens with one attached hydrogen (secondary N) is 1. The average molecular weight is 460 g/mol. The topological polar surface area (TPSA) is 92.6 Å². The molecule has 9 heteroatoms. The number of H-pyrrole nitrogens is 1. The van der Waals surface area contributed by atoms with Crippen molar-refractivity contribution in [1.82, 2.24) is 34.6 Å².